The lowest BCUT2D eigenvalue weighted by atomic mass is 10.0. The smallest absolute Gasteiger partial charge is 0.261 e. The lowest BCUT2D eigenvalue weighted by molar-refractivity contribution is 0.724. The van der Waals surface area contributed by atoms with Crippen LogP contribution in [0.1, 0.15) is 16.9 Å². The van der Waals surface area contributed by atoms with Gasteiger partial charge in [-0.05, 0) is 38.4 Å². The van der Waals surface area contributed by atoms with Gasteiger partial charge in [-0.3, -0.25) is 9.78 Å². The maximum Gasteiger partial charge on any atom is 0.261 e. The largest absolute Gasteiger partial charge is 0.341 e. The average Bonchev–Trinajstić information content (AvgIpc) is 2.79. The summed E-state index contributed by atoms with van der Waals surface area (Å²) < 4.78 is 0.993. The standard InChI is InChI=1S/C19H21BrN4OS/c1-11-4-5-14(20)13(10-11)15-12(2)26-18-16(15)17(25)22-19(23-18)24-8-3-6-21-7-9-24/h4-5,10,21H,3,6-9H2,1-2H3,(H,22,23,25). The highest BCUT2D eigenvalue weighted by molar-refractivity contribution is 9.10. The Morgan fingerprint density at radius 3 is 2.92 bits per heavy atom. The molecule has 0 amide bonds. The minimum atomic E-state index is -0.0602. The molecule has 3 heterocycles. The summed E-state index contributed by atoms with van der Waals surface area (Å²) in [6.45, 7) is 7.80. The summed E-state index contributed by atoms with van der Waals surface area (Å²) in [7, 11) is 0. The van der Waals surface area contributed by atoms with Crippen LogP contribution in [0.25, 0.3) is 21.3 Å². The number of benzene rings is 1. The molecule has 0 spiro atoms. The van der Waals surface area contributed by atoms with Crippen molar-refractivity contribution in [2.24, 2.45) is 0 Å². The van der Waals surface area contributed by atoms with Gasteiger partial charge in [0.05, 0.1) is 5.39 Å². The molecular weight excluding hydrogens is 412 g/mol. The van der Waals surface area contributed by atoms with E-state index in [0.717, 1.165) is 57.9 Å². The summed E-state index contributed by atoms with van der Waals surface area (Å²) in [5.41, 5.74) is 3.14. The molecule has 26 heavy (non-hydrogen) atoms. The van der Waals surface area contributed by atoms with Crippen molar-refractivity contribution >= 4 is 43.4 Å². The number of fused-ring (bicyclic) bond motifs is 1. The summed E-state index contributed by atoms with van der Waals surface area (Å²) in [4.78, 5) is 24.9. The van der Waals surface area contributed by atoms with E-state index >= 15 is 0 Å². The van der Waals surface area contributed by atoms with Crippen molar-refractivity contribution in [3.8, 4) is 11.1 Å². The zero-order valence-electron chi connectivity index (χ0n) is 14.9. The van der Waals surface area contributed by atoms with E-state index in [1.165, 1.54) is 5.56 Å². The van der Waals surface area contributed by atoms with E-state index < -0.39 is 0 Å². The van der Waals surface area contributed by atoms with Crippen molar-refractivity contribution in [3.63, 3.8) is 0 Å². The van der Waals surface area contributed by atoms with Gasteiger partial charge in [-0.1, -0.05) is 33.6 Å². The molecular formula is C19H21BrN4OS. The molecule has 2 N–H and O–H groups in total. The number of halogens is 1. The Kier molecular flexibility index (Phi) is 4.86. The Balaban J connectivity index is 1.88. The highest BCUT2D eigenvalue weighted by Gasteiger charge is 2.20. The number of aromatic nitrogens is 2. The first kappa shape index (κ1) is 17.7. The number of hydrogen-bond donors (Lipinski definition) is 2. The normalized spacial score (nSPS) is 15.4. The Bertz CT molecular complexity index is 1020. The van der Waals surface area contributed by atoms with Crippen molar-refractivity contribution in [1.29, 1.82) is 0 Å². The highest BCUT2D eigenvalue weighted by atomic mass is 79.9. The molecule has 2 aromatic heterocycles. The second-order valence-electron chi connectivity index (χ2n) is 6.68. The SMILES string of the molecule is Cc1ccc(Br)c(-c2c(C)sc3nc(N4CCCNCC4)[nH]c(=O)c23)c1. The minimum absolute atomic E-state index is 0.0602. The number of rotatable bonds is 2. The third-order valence-electron chi connectivity index (χ3n) is 4.76. The first-order valence-electron chi connectivity index (χ1n) is 8.80. The molecule has 0 bridgehead atoms. The van der Waals surface area contributed by atoms with E-state index in [1.54, 1.807) is 11.3 Å². The molecule has 0 saturated carbocycles. The number of anilines is 1. The number of thiophene rings is 1. The predicted molar refractivity (Wildman–Crippen MR) is 113 cm³/mol. The van der Waals surface area contributed by atoms with Gasteiger partial charge in [0, 0.05) is 34.5 Å². The van der Waals surface area contributed by atoms with Crippen molar-refractivity contribution in [1.82, 2.24) is 15.3 Å². The number of aryl methyl sites for hydroxylation is 2. The first-order valence-corrected chi connectivity index (χ1v) is 10.4. The van der Waals surface area contributed by atoms with Crippen LogP contribution in [0.4, 0.5) is 5.95 Å². The van der Waals surface area contributed by atoms with Crippen LogP contribution in [0, 0.1) is 13.8 Å². The molecule has 1 fully saturated rings. The van der Waals surface area contributed by atoms with Crippen LogP contribution in [-0.2, 0) is 0 Å². The fourth-order valence-corrected chi connectivity index (χ4v) is 4.95. The van der Waals surface area contributed by atoms with E-state index in [4.69, 9.17) is 4.98 Å². The first-order chi connectivity index (χ1) is 12.5. The molecule has 0 unspecified atom stereocenters. The second-order valence-corrected chi connectivity index (χ2v) is 8.73. The third-order valence-corrected chi connectivity index (χ3v) is 6.45. The molecule has 0 radical (unpaired) electrons. The monoisotopic (exact) mass is 432 g/mol. The second kappa shape index (κ2) is 7.13. The predicted octanol–water partition coefficient (Wildman–Crippen LogP) is 3.83. The number of nitrogens with zero attached hydrogens (tertiary/aromatic N) is 2. The lowest BCUT2D eigenvalue weighted by Gasteiger charge is -2.20. The van der Waals surface area contributed by atoms with Gasteiger partial charge >= 0.3 is 0 Å². The molecule has 7 heteroatoms. The molecule has 0 aliphatic carbocycles. The van der Waals surface area contributed by atoms with Crippen LogP contribution < -0.4 is 15.8 Å². The summed E-state index contributed by atoms with van der Waals surface area (Å²) in [5.74, 6) is 0.683. The Labute approximate surface area is 164 Å². The van der Waals surface area contributed by atoms with Gasteiger partial charge in [-0.25, -0.2) is 4.98 Å². The molecule has 0 atom stereocenters. The Morgan fingerprint density at radius 2 is 2.08 bits per heavy atom. The highest BCUT2D eigenvalue weighted by Crippen LogP contribution is 2.39. The molecule has 1 aliphatic rings. The number of aromatic amines is 1. The van der Waals surface area contributed by atoms with E-state index in [2.05, 4.69) is 57.1 Å². The number of H-pyrrole nitrogens is 1. The maximum absolute atomic E-state index is 13.0. The zero-order chi connectivity index (χ0) is 18.3. The molecule has 1 saturated heterocycles. The average molecular weight is 433 g/mol. The molecule has 4 rings (SSSR count). The van der Waals surface area contributed by atoms with Crippen LogP contribution >= 0.6 is 27.3 Å². The topological polar surface area (TPSA) is 61.0 Å². The van der Waals surface area contributed by atoms with Gasteiger partial charge in [-0.15, -0.1) is 11.3 Å². The molecule has 3 aromatic rings. The van der Waals surface area contributed by atoms with Crippen LogP contribution in [0.15, 0.2) is 27.5 Å². The van der Waals surface area contributed by atoms with Gasteiger partial charge in [0.1, 0.15) is 4.83 Å². The van der Waals surface area contributed by atoms with Gasteiger partial charge in [0.15, 0.2) is 0 Å². The van der Waals surface area contributed by atoms with Crippen molar-refractivity contribution in [2.75, 3.05) is 31.1 Å². The van der Waals surface area contributed by atoms with Crippen molar-refractivity contribution in [3.05, 3.63) is 43.5 Å². The van der Waals surface area contributed by atoms with Crippen LogP contribution in [0.3, 0.4) is 0 Å². The summed E-state index contributed by atoms with van der Waals surface area (Å²) in [6.07, 6.45) is 1.05. The van der Waals surface area contributed by atoms with Gasteiger partial charge in [-0.2, -0.15) is 0 Å². The molecule has 5 nitrogen and oxygen atoms in total. The lowest BCUT2D eigenvalue weighted by Crippen LogP contribution is -2.31. The van der Waals surface area contributed by atoms with E-state index in [1.807, 2.05) is 6.07 Å². The van der Waals surface area contributed by atoms with Crippen LogP contribution in [0.5, 0.6) is 0 Å². The summed E-state index contributed by atoms with van der Waals surface area (Å²) in [6, 6.07) is 6.21. The third kappa shape index (κ3) is 3.19. The Hall–Kier alpha value is -1.70. The quantitative estimate of drug-likeness (QED) is 0.645. The zero-order valence-corrected chi connectivity index (χ0v) is 17.3. The fourth-order valence-electron chi connectivity index (χ4n) is 3.47. The van der Waals surface area contributed by atoms with E-state index in [-0.39, 0.29) is 5.56 Å². The van der Waals surface area contributed by atoms with Gasteiger partial charge < -0.3 is 10.2 Å². The maximum atomic E-state index is 13.0. The minimum Gasteiger partial charge on any atom is -0.341 e. The van der Waals surface area contributed by atoms with E-state index in [0.29, 0.717) is 11.3 Å². The molecule has 136 valence electrons. The van der Waals surface area contributed by atoms with Gasteiger partial charge in [0.25, 0.3) is 5.56 Å². The number of hydrogen-bond acceptors (Lipinski definition) is 5. The summed E-state index contributed by atoms with van der Waals surface area (Å²) >= 11 is 5.23. The fraction of sp³-hybridized carbons (Fsp3) is 0.368. The molecule has 1 aromatic carbocycles. The van der Waals surface area contributed by atoms with E-state index in [9.17, 15) is 4.79 Å². The van der Waals surface area contributed by atoms with Gasteiger partial charge in [0.2, 0.25) is 5.95 Å². The van der Waals surface area contributed by atoms with Crippen LogP contribution in [0.2, 0.25) is 0 Å². The Morgan fingerprint density at radius 1 is 1.23 bits per heavy atom. The van der Waals surface area contributed by atoms with Crippen LogP contribution in [-0.4, -0.2) is 36.1 Å². The summed E-state index contributed by atoms with van der Waals surface area (Å²) in [5, 5.41) is 4.07. The molecule has 1 aliphatic heterocycles. The number of nitrogens with one attached hydrogen (secondary N) is 2. The van der Waals surface area contributed by atoms with Crippen molar-refractivity contribution in [2.45, 2.75) is 20.3 Å². The van der Waals surface area contributed by atoms with Crippen molar-refractivity contribution < 1.29 is 0 Å².